The molecule has 0 radical (unpaired) electrons. The minimum atomic E-state index is -0.664. The van der Waals surface area contributed by atoms with Crippen molar-refractivity contribution in [2.75, 3.05) is 30.0 Å². The highest BCUT2D eigenvalue weighted by molar-refractivity contribution is 6.00. The summed E-state index contributed by atoms with van der Waals surface area (Å²) >= 11 is 0. The van der Waals surface area contributed by atoms with E-state index in [4.69, 9.17) is 9.47 Å². The van der Waals surface area contributed by atoms with Gasteiger partial charge < -0.3 is 19.7 Å². The summed E-state index contributed by atoms with van der Waals surface area (Å²) in [5.41, 5.74) is 2.67. The van der Waals surface area contributed by atoms with Crippen LogP contribution in [0.25, 0.3) is 0 Å². The number of ether oxygens (including phenoxy) is 2. The van der Waals surface area contributed by atoms with Gasteiger partial charge in [0.05, 0.1) is 18.1 Å². The van der Waals surface area contributed by atoms with E-state index in [1.54, 1.807) is 36.4 Å². The molecule has 0 spiro atoms. The van der Waals surface area contributed by atoms with Crippen LogP contribution in [-0.2, 0) is 23.9 Å². The highest BCUT2D eigenvalue weighted by Gasteiger charge is 2.36. The third-order valence-corrected chi connectivity index (χ3v) is 5.53. The van der Waals surface area contributed by atoms with Gasteiger partial charge in [0.25, 0.3) is 5.91 Å². The molecule has 1 heterocycles. The van der Waals surface area contributed by atoms with Gasteiger partial charge in [-0.1, -0.05) is 37.5 Å². The van der Waals surface area contributed by atoms with E-state index in [0.717, 1.165) is 24.8 Å². The zero-order valence-corrected chi connectivity index (χ0v) is 19.5. The normalized spacial score (nSPS) is 15.2. The summed E-state index contributed by atoms with van der Waals surface area (Å²) in [7, 11) is 0. The molecular formula is C26H30N2O6. The molecule has 1 aliphatic heterocycles. The largest absolute Gasteiger partial charge is 0.462 e. The summed E-state index contributed by atoms with van der Waals surface area (Å²) in [4.78, 5) is 50.5. The standard InChI is InChI=1S/C26H30N2O6/c1-3-4-5-14-33-25(31)19-8-12-22(13-9-19)28-16-20(15-24(28)30)26(32)34-17-23(29)27-21-10-6-18(2)7-11-21/h6-13,20H,3-5,14-17H2,1-2H3,(H,27,29)/t20-/m0/s1. The third-order valence-electron chi connectivity index (χ3n) is 5.53. The van der Waals surface area contributed by atoms with E-state index < -0.39 is 30.4 Å². The minimum absolute atomic E-state index is 0.000361. The summed E-state index contributed by atoms with van der Waals surface area (Å²) in [5, 5.41) is 2.66. The number of rotatable bonds is 10. The molecule has 8 nitrogen and oxygen atoms in total. The Balaban J connectivity index is 1.48. The van der Waals surface area contributed by atoms with Gasteiger partial charge in [-0.05, 0) is 49.7 Å². The van der Waals surface area contributed by atoms with Gasteiger partial charge in [0, 0.05) is 24.3 Å². The van der Waals surface area contributed by atoms with Gasteiger partial charge in [0.1, 0.15) is 0 Å². The average molecular weight is 467 g/mol. The number of carbonyl (C=O) groups is 4. The fourth-order valence-electron chi connectivity index (χ4n) is 3.58. The average Bonchev–Trinajstić information content (AvgIpc) is 3.23. The van der Waals surface area contributed by atoms with Crippen LogP contribution < -0.4 is 10.2 Å². The number of hydrogen-bond donors (Lipinski definition) is 1. The minimum Gasteiger partial charge on any atom is -0.462 e. The summed E-state index contributed by atoms with van der Waals surface area (Å²) in [6, 6.07) is 13.8. The number of nitrogens with zero attached hydrogens (tertiary/aromatic N) is 1. The molecule has 3 rings (SSSR count). The van der Waals surface area contributed by atoms with Crippen molar-refractivity contribution in [2.45, 2.75) is 39.5 Å². The van der Waals surface area contributed by atoms with Crippen molar-refractivity contribution in [3.63, 3.8) is 0 Å². The molecule has 2 amide bonds. The van der Waals surface area contributed by atoms with Crippen LogP contribution in [0.15, 0.2) is 48.5 Å². The van der Waals surface area contributed by atoms with E-state index in [2.05, 4.69) is 12.2 Å². The molecule has 2 aromatic carbocycles. The highest BCUT2D eigenvalue weighted by atomic mass is 16.5. The molecule has 0 aromatic heterocycles. The van der Waals surface area contributed by atoms with E-state index in [9.17, 15) is 19.2 Å². The number of aryl methyl sites for hydroxylation is 1. The first-order valence-electron chi connectivity index (χ1n) is 11.5. The number of amides is 2. The maximum atomic E-state index is 12.5. The molecule has 0 unspecified atom stereocenters. The lowest BCUT2D eigenvalue weighted by molar-refractivity contribution is -0.151. The Morgan fingerprint density at radius 1 is 1.00 bits per heavy atom. The van der Waals surface area contributed by atoms with Crippen LogP contribution in [0, 0.1) is 12.8 Å². The summed E-state index contributed by atoms with van der Waals surface area (Å²) < 4.78 is 10.4. The van der Waals surface area contributed by atoms with Crippen LogP contribution in [0.5, 0.6) is 0 Å². The van der Waals surface area contributed by atoms with Crippen molar-refractivity contribution >= 4 is 35.1 Å². The molecule has 8 heteroatoms. The van der Waals surface area contributed by atoms with Gasteiger partial charge in [0.15, 0.2) is 6.61 Å². The van der Waals surface area contributed by atoms with E-state index in [1.165, 1.54) is 4.90 Å². The SMILES string of the molecule is CCCCCOC(=O)c1ccc(N2C[C@@H](C(=O)OCC(=O)Nc3ccc(C)cc3)CC2=O)cc1. The van der Waals surface area contributed by atoms with Gasteiger partial charge in [-0.15, -0.1) is 0 Å². The van der Waals surface area contributed by atoms with Crippen LogP contribution in [0.1, 0.15) is 48.5 Å². The molecule has 0 saturated carbocycles. The molecular weight excluding hydrogens is 436 g/mol. The predicted molar refractivity (Wildman–Crippen MR) is 127 cm³/mol. The Bertz CT molecular complexity index is 1020. The smallest absolute Gasteiger partial charge is 0.338 e. The van der Waals surface area contributed by atoms with E-state index in [1.807, 2.05) is 19.1 Å². The van der Waals surface area contributed by atoms with Crippen molar-refractivity contribution in [3.05, 3.63) is 59.7 Å². The monoisotopic (exact) mass is 466 g/mol. The van der Waals surface area contributed by atoms with E-state index >= 15 is 0 Å². The second-order valence-corrected chi connectivity index (χ2v) is 8.32. The second-order valence-electron chi connectivity index (χ2n) is 8.32. The lowest BCUT2D eigenvalue weighted by Crippen LogP contribution is -2.28. The lowest BCUT2D eigenvalue weighted by Gasteiger charge is -2.17. The highest BCUT2D eigenvalue weighted by Crippen LogP contribution is 2.26. The van der Waals surface area contributed by atoms with Crippen LogP contribution in [0.3, 0.4) is 0 Å². The van der Waals surface area contributed by atoms with Crippen molar-refractivity contribution in [1.29, 1.82) is 0 Å². The molecule has 2 aromatic rings. The maximum Gasteiger partial charge on any atom is 0.338 e. The molecule has 1 saturated heterocycles. The number of unbranched alkanes of at least 4 members (excludes halogenated alkanes) is 2. The number of nitrogens with one attached hydrogen (secondary N) is 1. The zero-order chi connectivity index (χ0) is 24.5. The topological polar surface area (TPSA) is 102 Å². The number of anilines is 2. The van der Waals surface area contributed by atoms with Crippen LogP contribution >= 0.6 is 0 Å². The van der Waals surface area contributed by atoms with Gasteiger partial charge in [-0.25, -0.2) is 4.79 Å². The summed E-state index contributed by atoms with van der Waals surface area (Å²) in [5.74, 6) is -2.33. The first-order chi connectivity index (χ1) is 16.4. The fourth-order valence-corrected chi connectivity index (χ4v) is 3.58. The molecule has 1 aliphatic rings. The molecule has 1 N–H and O–H groups in total. The zero-order valence-electron chi connectivity index (χ0n) is 19.5. The number of hydrogen-bond acceptors (Lipinski definition) is 6. The van der Waals surface area contributed by atoms with Crippen molar-refractivity contribution in [2.24, 2.45) is 5.92 Å². The molecule has 0 aliphatic carbocycles. The van der Waals surface area contributed by atoms with Crippen LogP contribution in [-0.4, -0.2) is 43.5 Å². The van der Waals surface area contributed by atoms with Gasteiger partial charge in [-0.2, -0.15) is 0 Å². The Morgan fingerprint density at radius 3 is 2.38 bits per heavy atom. The number of carbonyl (C=O) groups excluding carboxylic acids is 4. The van der Waals surface area contributed by atoms with Crippen LogP contribution in [0.4, 0.5) is 11.4 Å². The van der Waals surface area contributed by atoms with Gasteiger partial charge in [-0.3, -0.25) is 14.4 Å². The molecule has 180 valence electrons. The molecule has 1 atom stereocenters. The van der Waals surface area contributed by atoms with Crippen molar-refractivity contribution < 1.29 is 28.7 Å². The van der Waals surface area contributed by atoms with Crippen LogP contribution in [0.2, 0.25) is 0 Å². The quantitative estimate of drug-likeness (QED) is 0.421. The summed E-state index contributed by atoms with van der Waals surface area (Å²) in [6.07, 6.45) is 2.88. The molecule has 34 heavy (non-hydrogen) atoms. The van der Waals surface area contributed by atoms with E-state index in [-0.39, 0.29) is 18.9 Å². The Kier molecular flexibility index (Phi) is 8.79. The van der Waals surface area contributed by atoms with Gasteiger partial charge in [0.2, 0.25) is 5.91 Å². The predicted octanol–water partition coefficient (Wildman–Crippen LogP) is 3.88. The maximum absolute atomic E-state index is 12.5. The first-order valence-corrected chi connectivity index (χ1v) is 11.5. The fraction of sp³-hybridized carbons (Fsp3) is 0.385. The van der Waals surface area contributed by atoms with Gasteiger partial charge >= 0.3 is 11.9 Å². The van der Waals surface area contributed by atoms with Crippen molar-refractivity contribution in [1.82, 2.24) is 0 Å². The number of benzene rings is 2. The second kappa shape index (κ2) is 12.0. The Labute approximate surface area is 199 Å². The van der Waals surface area contributed by atoms with Crippen molar-refractivity contribution in [3.8, 4) is 0 Å². The summed E-state index contributed by atoms with van der Waals surface area (Å²) in [6.45, 7) is 4.13. The lowest BCUT2D eigenvalue weighted by atomic mass is 10.1. The molecule has 0 bridgehead atoms. The first kappa shape index (κ1) is 25.0. The molecule has 1 fully saturated rings. The Hall–Kier alpha value is -3.68. The number of esters is 2. The third kappa shape index (κ3) is 6.91. The van der Waals surface area contributed by atoms with E-state index in [0.29, 0.717) is 23.5 Å². The Morgan fingerprint density at radius 2 is 1.71 bits per heavy atom.